The summed E-state index contributed by atoms with van der Waals surface area (Å²) in [6, 6.07) is 8.53. The lowest BCUT2D eigenvalue weighted by Crippen LogP contribution is -2.21. The van der Waals surface area contributed by atoms with Crippen molar-refractivity contribution in [3.8, 4) is 0 Å². The molecule has 16 heavy (non-hydrogen) atoms. The van der Waals surface area contributed by atoms with Gasteiger partial charge in [-0.2, -0.15) is 0 Å². The quantitative estimate of drug-likeness (QED) is 0.433. The van der Waals surface area contributed by atoms with Gasteiger partial charge in [0.2, 0.25) is 0 Å². The van der Waals surface area contributed by atoms with Gasteiger partial charge in [-0.3, -0.25) is 0 Å². The van der Waals surface area contributed by atoms with Crippen LogP contribution >= 0.6 is 17.6 Å². The Morgan fingerprint density at radius 3 is 0.625 bits per heavy atom. The van der Waals surface area contributed by atoms with Gasteiger partial charge in [-0.15, -0.1) is 17.6 Å². The van der Waals surface area contributed by atoms with Crippen LogP contribution in [0, 0.1) is 0 Å². The molecule has 0 radical (unpaired) electrons. The van der Waals surface area contributed by atoms with Crippen molar-refractivity contribution in [2.75, 3.05) is 0 Å². The zero-order valence-corrected chi connectivity index (χ0v) is 16.7. The fourth-order valence-corrected chi connectivity index (χ4v) is 4.50. The van der Waals surface area contributed by atoms with Crippen molar-refractivity contribution in [1.82, 2.24) is 0 Å². The molecule has 0 saturated carbocycles. The Kier molecular flexibility index (Phi) is 12.6. The summed E-state index contributed by atoms with van der Waals surface area (Å²) < 4.78 is 0. The van der Waals surface area contributed by atoms with Crippen molar-refractivity contribution in [2.45, 2.75) is 77.8 Å². The Hall–Kier alpha value is 1.29. The van der Waals surface area contributed by atoms with Crippen molar-refractivity contribution < 1.29 is 0 Å². The molecule has 0 aromatic rings. The summed E-state index contributed by atoms with van der Waals surface area (Å²) in [5, 5.41) is 0. The van der Waals surface area contributed by atoms with E-state index in [1.807, 2.05) is 0 Å². The Balaban J connectivity index is 0. The largest absolute Gasteiger partial charge is 0.148 e. The molecule has 0 spiro atoms. The van der Waals surface area contributed by atoms with Gasteiger partial charge < -0.3 is 0 Å². The summed E-state index contributed by atoms with van der Waals surface area (Å²) in [6.07, 6.45) is 0. The van der Waals surface area contributed by atoms with E-state index in [9.17, 15) is 0 Å². The Morgan fingerprint density at radius 2 is 0.625 bits per heavy atom. The van der Waals surface area contributed by atoms with Gasteiger partial charge in [0.1, 0.15) is 0 Å². The average molecular weight is 297 g/mol. The highest BCUT2D eigenvalue weighted by atomic mass is 31.3. The molecular formula is C12H34P2Si2. The fourth-order valence-electron chi connectivity index (χ4n) is 1.50. The van der Waals surface area contributed by atoms with Crippen molar-refractivity contribution in [3.63, 3.8) is 0 Å². The predicted molar refractivity (Wildman–Crippen MR) is 93.8 cm³/mol. The molecule has 0 rings (SSSR count). The minimum absolute atomic E-state index is 0.755. The Bertz CT molecular complexity index is 121. The van der Waals surface area contributed by atoms with Crippen LogP contribution in [0.15, 0.2) is 0 Å². The molecule has 0 N–H and O–H groups in total. The van der Waals surface area contributed by atoms with Crippen molar-refractivity contribution in [1.29, 1.82) is 0 Å². The van der Waals surface area contributed by atoms with E-state index in [-0.39, 0.29) is 0 Å². The highest BCUT2D eigenvalue weighted by Crippen LogP contribution is 2.26. The number of hydrogen-bond acceptors (Lipinski definition) is 0. The van der Waals surface area contributed by atoms with Gasteiger partial charge in [-0.1, -0.05) is 77.8 Å². The van der Waals surface area contributed by atoms with Gasteiger partial charge >= 0.3 is 0 Å². The molecule has 0 bridgehead atoms. The summed E-state index contributed by atoms with van der Waals surface area (Å²) in [5.74, 6) is 0. The summed E-state index contributed by atoms with van der Waals surface area (Å²) in [7, 11) is 4.66. The first-order chi connectivity index (χ1) is 7.36. The first kappa shape index (κ1) is 19.6. The molecule has 0 aliphatic heterocycles. The zero-order chi connectivity index (χ0) is 13.2. The molecule has 0 nitrogen and oxygen atoms in total. The minimum atomic E-state index is -0.755. The molecule has 0 aromatic heterocycles. The van der Waals surface area contributed by atoms with E-state index in [1.165, 1.54) is 36.3 Å². The van der Waals surface area contributed by atoms with Gasteiger partial charge in [0, 0.05) is 0 Å². The highest BCUT2D eigenvalue weighted by molar-refractivity contribution is 7.69. The molecule has 0 aliphatic rings. The second-order valence-corrected chi connectivity index (χ2v) is 21.9. The van der Waals surface area contributed by atoms with Crippen LogP contribution in [-0.2, 0) is 0 Å². The van der Waals surface area contributed by atoms with Crippen LogP contribution in [-0.4, -0.2) is 15.5 Å². The van der Waals surface area contributed by atoms with Gasteiger partial charge in [0.05, 0.1) is 15.5 Å². The monoisotopic (exact) mass is 296 g/mol. The van der Waals surface area contributed by atoms with E-state index in [2.05, 4.69) is 59.1 Å². The molecule has 4 heteroatoms. The third-order valence-corrected chi connectivity index (χ3v) is 20.0. The lowest BCUT2D eigenvalue weighted by atomic mass is 10.9. The van der Waals surface area contributed by atoms with Crippen LogP contribution in [0.5, 0.6) is 0 Å². The molecule has 2 atom stereocenters. The second-order valence-electron chi connectivity index (χ2n) is 4.85. The van der Waals surface area contributed by atoms with Crippen molar-refractivity contribution >= 4 is 33.1 Å². The third-order valence-electron chi connectivity index (χ3n) is 4.22. The van der Waals surface area contributed by atoms with Gasteiger partial charge in [0.25, 0.3) is 0 Å². The first-order valence-corrected chi connectivity index (χ1v) is 15.8. The minimum Gasteiger partial charge on any atom is -0.148 e. The second kappa shape index (κ2) is 10.2. The molecule has 2 unspecified atom stereocenters. The van der Waals surface area contributed by atoms with Crippen LogP contribution in [0.4, 0.5) is 0 Å². The molecular weight excluding hydrogens is 262 g/mol. The van der Waals surface area contributed by atoms with E-state index in [4.69, 9.17) is 0 Å². The molecule has 0 fully saturated rings. The molecule has 0 aliphatic carbocycles. The molecule has 0 aromatic carbocycles. The smallest absolute Gasteiger partial charge is 0.0737 e. The van der Waals surface area contributed by atoms with E-state index < -0.39 is 15.5 Å². The normalized spacial score (nSPS) is 12.0. The van der Waals surface area contributed by atoms with Crippen molar-refractivity contribution in [3.05, 3.63) is 0 Å². The molecule has 0 heterocycles. The Morgan fingerprint density at radius 1 is 0.500 bits per heavy atom. The zero-order valence-electron chi connectivity index (χ0n) is 12.4. The standard InChI is InChI=1S/2C6H17PSi/c2*1-4-8(7,5-2)6-3/h2*4-7H2,1-3H3. The Labute approximate surface area is 111 Å². The lowest BCUT2D eigenvalue weighted by Gasteiger charge is -2.20. The SMILES string of the molecule is CC[Si](P)(CC)CC.CC[Si](P)(CC)CC. The summed E-state index contributed by atoms with van der Waals surface area (Å²) in [4.78, 5) is 0. The van der Waals surface area contributed by atoms with Gasteiger partial charge in [-0.25, -0.2) is 0 Å². The van der Waals surface area contributed by atoms with Crippen LogP contribution in [0.3, 0.4) is 0 Å². The highest BCUT2D eigenvalue weighted by Gasteiger charge is 2.19. The molecule has 100 valence electrons. The maximum absolute atomic E-state index is 3.08. The summed E-state index contributed by atoms with van der Waals surface area (Å²) in [6.45, 7) is 13.9. The maximum atomic E-state index is 3.08. The van der Waals surface area contributed by atoms with Crippen molar-refractivity contribution in [2.24, 2.45) is 0 Å². The fraction of sp³-hybridized carbons (Fsp3) is 1.00. The first-order valence-electron chi connectivity index (χ1n) is 6.94. The number of hydrogen-bond donors (Lipinski definition) is 0. The van der Waals surface area contributed by atoms with E-state index in [0.29, 0.717) is 0 Å². The van der Waals surface area contributed by atoms with Crippen LogP contribution in [0.1, 0.15) is 41.5 Å². The van der Waals surface area contributed by atoms with Gasteiger partial charge in [-0.05, 0) is 0 Å². The third kappa shape index (κ3) is 8.39. The maximum Gasteiger partial charge on any atom is 0.0737 e. The van der Waals surface area contributed by atoms with E-state index in [0.717, 1.165) is 0 Å². The predicted octanol–water partition coefficient (Wildman–Crippen LogP) is 5.73. The van der Waals surface area contributed by atoms with Crippen LogP contribution in [0.2, 0.25) is 36.3 Å². The van der Waals surface area contributed by atoms with Crippen LogP contribution in [0.25, 0.3) is 0 Å². The van der Waals surface area contributed by atoms with Crippen LogP contribution < -0.4 is 0 Å². The average Bonchev–Trinajstić information content (AvgIpc) is 2.37. The van der Waals surface area contributed by atoms with E-state index in [1.54, 1.807) is 0 Å². The summed E-state index contributed by atoms with van der Waals surface area (Å²) in [5.41, 5.74) is 0. The lowest BCUT2D eigenvalue weighted by molar-refractivity contribution is 1.22. The van der Waals surface area contributed by atoms with E-state index >= 15 is 0 Å². The molecule has 0 saturated heterocycles. The number of rotatable bonds is 6. The van der Waals surface area contributed by atoms with Gasteiger partial charge in [0.15, 0.2) is 0 Å². The topological polar surface area (TPSA) is 0 Å². The molecule has 0 amide bonds. The summed E-state index contributed by atoms with van der Waals surface area (Å²) >= 11 is 0.